The van der Waals surface area contributed by atoms with E-state index in [0.29, 0.717) is 0 Å². The first-order chi connectivity index (χ1) is 20.1. The number of fused-ring (bicyclic) bond motifs is 6. The van der Waals surface area contributed by atoms with Crippen molar-refractivity contribution in [3.63, 3.8) is 0 Å². The fourth-order valence-electron chi connectivity index (χ4n) is 6.91. The van der Waals surface area contributed by atoms with Crippen LogP contribution in [0.15, 0.2) is 117 Å². The van der Waals surface area contributed by atoms with Gasteiger partial charge in [-0.3, -0.25) is 0 Å². The van der Waals surface area contributed by atoms with Gasteiger partial charge >= 0.3 is 0 Å². The average Bonchev–Trinajstić information content (AvgIpc) is 3.72. The molecule has 1 unspecified atom stereocenters. The van der Waals surface area contributed by atoms with Crippen LogP contribution in [0, 0.1) is 33.1 Å². The molecule has 42 heavy (non-hydrogen) atoms. The van der Waals surface area contributed by atoms with Crippen molar-refractivity contribution in [2.24, 2.45) is 15.4 Å². The van der Waals surface area contributed by atoms with Crippen LogP contribution in [-0.2, 0) is 0 Å². The number of nitrogens with one attached hydrogen (secondary N) is 2. The van der Waals surface area contributed by atoms with Gasteiger partial charge in [0.2, 0.25) is 0 Å². The second kappa shape index (κ2) is 9.84. The molecule has 2 aromatic carbocycles. The second-order valence-electron chi connectivity index (χ2n) is 12.8. The summed E-state index contributed by atoms with van der Waals surface area (Å²) in [5.41, 5.74) is 17.4. The van der Waals surface area contributed by atoms with E-state index in [9.17, 15) is 0 Å². The largest absolute Gasteiger partial charge is 0.378 e. The van der Waals surface area contributed by atoms with Gasteiger partial charge in [-0.05, 0) is 99.2 Å². The highest BCUT2D eigenvalue weighted by atomic mass is 15.0. The minimum absolute atomic E-state index is 0.0591. The molecule has 0 aliphatic carbocycles. The van der Waals surface area contributed by atoms with Gasteiger partial charge in [0.1, 0.15) is 0 Å². The average molecular weight is 551 g/mol. The van der Waals surface area contributed by atoms with Crippen LogP contribution in [0.2, 0.25) is 0 Å². The van der Waals surface area contributed by atoms with Crippen LogP contribution < -0.4 is 10.6 Å². The maximum Gasteiger partial charge on any atom is 0.0733 e. The van der Waals surface area contributed by atoms with Crippen molar-refractivity contribution in [2.75, 3.05) is 0 Å². The van der Waals surface area contributed by atoms with Crippen molar-refractivity contribution in [1.29, 1.82) is 0 Å². The van der Waals surface area contributed by atoms with Gasteiger partial charge in [-0.25, -0.2) is 9.98 Å². The molecule has 1 fully saturated rings. The summed E-state index contributed by atoms with van der Waals surface area (Å²) in [4.78, 5) is 10.4. The Bertz CT molecular complexity index is 1790. The van der Waals surface area contributed by atoms with Crippen LogP contribution in [0.1, 0.15) is 60.1 Å². The van der Waals surface area contributed by atoms with E-state index in [1.807, 2.05) is 0 Å². The van der Waals surface area contributed by atoms with Gasteiger partial charge in [0.05, 0.1) is 28.9 Å². The van der Waals surface area contributed by atoms with Crippen LogP contribution in [-0.4, -0.2) is 17.5 Å². The Balaban J connectivity index is 1.49. The second-order valence-corrected chi connectivity index (χ2v) is 12.8. The third-order valence-corrected chi connectivity index (χ3v) is 8.92. The van der Waals surface area contributed by atoms with Crippen molar-refractivity contribution in [1.82, 2.24) is 10.6 Å². The minimum Gasteiger partial charge on any atom is -0.378 e. The lowest BCUT2D eigenvalue weighted by atomic mass is 9.86. The molecule has 4 heteroatoms. The van der Waals surface area contributed by atoms with Crippen LogP contribution in [0.3, 0.4) is 0 Å². The first kappa shape index (κ1) is 26.5. The Morgan fingerprint density at radius 3 is 2.07 bits per heavy atom. The standard InChI is InChI=1S/C38H38N4/c1-22-7-9-26(10-8-22)36-30-13-12-28(40-30)20-34-38(5,6)21-29(41-34)19-27-11-14-32(39-27)37(33-16-15-31(36)42-33)35-24(3)17-23(2)18-25(35)4/h7-14,17-21,34,41-42H,15-16H2,1-6H3/b27-19-,28-20-,36-31-,37-33+. The summed E-state index contributed by atoms with van der Waals surface area (Å²) in [6, 6.07) is 13.5. The fraction of sp³-hybridized carbons (Fsp3) is 0.263. The Kier molecular flexibility index (Phi) is 6.20. The summed E-state index contributed by atoms with van der Waals surface area (Å²) >= 11 is 0. The van der Waals surface area contributed by atoms with E-state index in [1.54, 1.807) is 0 Å². The first-order valence-corrected chi connectivity index (χ1v) is 15.0. The molecule has 2 N–H and O–H groups in total. The molecular weight excluding hydrogens is 512 g/mol. The highest BCUT2D eigenvalue weighted by Crippen LogP contribution is 2.39. The molecule has 210 valence electrons. The third-order valence-electron chi connectivity index (χ3n) is 8.92. The van der Waals surface area contributed by atoms with Crippen LogP contribution >= 0.6 is 0 Å². The van der Waals surface area contributed by atoms with E-state index < -0.39 is 0 Å². The Hall–Kier alpha value is -4.44. The van der Waals surface area contributed by atoms with Crippen LogP contribution in [0.25, 0.3) is 11.1 Å². The van der Waals surface area contributed by atoms with Gasteiger partial charge in [0.15, 0.2) is 0 Å². The third kappa shape index (κ3) is 4.65. The molecule has 5 aliphatic rings. The Morgan fingerprint density at radius 2 is 1.36 bits per heavy atom. The summed E-state index contributed by atoms with van der Waals surface area (Å²) in [5.74, 6) is 0. The molecule has 0 amide bonds. The van der Waals surface area contributed by atoms with E-state index in [-0.39, 0.29) is 11.5 Å². The molecule has 1 atom stereocenters. The number of rotatable bonds is 2. The van der Waals surface area contributed by atoms with Crippen molar-refractivity contribution >= 4 is 22.6 Å². The Morgan fingerprint density at radius 1 is 0.738 bits per heavy atom. The molecule has 0 saturated carbocycles. The number of nitrogens with zero attached hydrogens (tertiary/aromatic N) is 2. The van der Waals surface area contributed by atoms with Gasteiger partial charge in [0.25, 0.3) is 0 Å². The quantitative estimate of drug-likeness (QED) is 0.397. The van der Waals surface area contributed by atoms with Crippen molar-refractivity contribution in [2.45, 2.75) is 60.4 Å². The van der Waals surface area contributed by atoms with Crippen molar-refractivity contribution in [3.05, 3.63) is 141 Å². The lowest BCUT2D eigenvalue weighted by Gasteiger charge is -2.23. The fourth-order valence-corrected chi connectivity index (χ4v) is 6.91. The minimum atomic E-state index is -0.0591. The lowest BCUT2D eigenvalue weighted by molar-refractivity contribution is 0.418. The number of hydrogen-bond donors (Lipinski definition) is 2. The lowest BCUT2D eigenvalue weighted by Crippen LogP contribution is -2.32. The summed E-state index contributed by atoms with van der Waals surface area (Å²) in [7, 11) is 0. The maximum absolute atomic E-state index is 5.21. The first-order valence-electron chi connectivity index (χ1n) is 15.0. The predicted octanol–water partition coefficient (Wildman–Crippen LogP) is 8.11. The Labute approximate surface area is 249 Å². The summed E-state index contributed by atoms with van der Waals surface area (Å²) < 4.78 is 0. The molecule has 5 heterocycles. The zero-order chi connectivity index (χ0) is 29.2. The van der Waals surface area contributed by atoms with Gasteiger partial charge < -0.3 is 10.6 Å². The molecule has 2 aromatic rings. The molecule has 8 bridgehead atoms. The summed E-state index contributed by atoms with van der Waals surface area (Å²) in [5, 5.41) is 7.67. The molecule has 0 spiro atoms. The number of allylic oxidation sites excluding steroid dienone is 9. The van der Waals surface area contributed by atoms with Crippen molar-refractivity contribution < 1.29 is 0 Å². The molecule has 7 rings (SSSR count). The summed E-state index contributed by atoms with van der Waals surface area (Å²) in [6.07, 6.45) is 17.3. The molecule has 0 aromatic heterocycles. The molecule has 4 nitrogen and oxygen atoms in total. The van der Waals surface area contributed by atoms with Gasteiger partial charge in [-0.1, -0.05) is 67.4 Å². The van der Waals surface area contributed by atoms with E-state index in [1.165, 1.54) is 55.9 Å². The van der Waals surface area contributed by atoms with E-state index in [4.69, 9.17) is 9.98 Å². The zero-order valence-corrected chi connectivity index (χ0v) is 25.4. The van der Waals surface area contributed by atoms with Gasteiger partial charge in [0, 0.05) is 33.7 Å². The normalized spacial score (nSPS) is 28.0. The summed E-state index contributed by atoms with van der Waals surface area (Å²) in [6.45, 7) is 13.3. The SMILES string of the molecule is Cc1ccc(/C2=C3\CC/C(=C(\c4c(C)cc(C)cc4C)C4=N/C(=C\C5=CC(C)(C)C(/C=C6/C=CC2=N6)N5)C=C4)N3)cc1. The van der Waals surface area contributed by atoms with Gasteiger partial charge in [-0.15, -0.1) is 0 Å². The number of benzene rings is 2. The van der Waals surface area contributed by atoms with Crippen molar-refractivity contribution in [3.8, 4) is 0 Å². The van der Waals surface area contributed by atoms with E-state index in [2.05, 4.69) is 131 Å². The molecule has 1 saturated heterocycles. The highest BCUT2D eigenvalue weighted by molar-refractivity contribution is 6.33. The molecule has 5 aliphatic heterocycles. The maximum atomic E-state index is 5.21. The topological polar surface area (TPSA) is 48.8 Å². The number of aryl methyl sites for hydroxylation is 4. The van der Waals surface area contributed by atoms with E-state index in [0.717, 1.165) is 41.4 Å². The van der Waals surface area contributed by atoms with Crippen LogP contribution in [0.4, 0.5) is 0 Å². The van der Waals surface area contributed by atoms with Crippen LogP contribution in [0.5, 0.6) is 0 Å². The molecular formula is C38H38N4. The smallest absolute Gasteiger partial charge is 0.0733 e. The van der Waals surface area contributed by atoms with Gasteiger partial charge in [-0.2, -0.15) is 0 Å². The predicted molar refractivity (Wildman–Crippen MR) is 176 cm³/mol. The highest BCUT2D eigenvalue weighted by Gasteiger charge is 2.33. The number of aliphatic imine (C=N–C) groups is 2. The van der Waals surface area contributed by atoms with E-state index >= 15 is 0 Å². The number of hydrogen-bond acceptors (Lipinski definition) is 4. The monoisotopic (exact) mass is 550 g/mol. The zero-order valence-electron chi connectivity index (χ0n) is 25.4. The molecule has 0 radical (unpaired) electrons.